The first-order chi connectivity index (χ1) is 10.9. The summed E-state index contributed by atoms with van der Waals surface area (Å²) in [5.41, 5.74) is 9.14. The zero-order valence-electron chi connectivity index (χ0n) is 15.7. The number of hydrogen-bond acceptors (Lipinski definition) is 2. The van der Waals surface area contributed by atoms with E-state index in [1.807, 2.05) is 0 Å². The van der Waals surface area contributed by atoms with Crippen LogP contribution in [-0.4, -0.2) is 29.6 Å². The lowest BCUT2D eigenvalue weighted by Crippen LogP contribution is -2.31. The highest BCUT2D eigenvalue weighted by Crippen LogP contribution is 2.36. The molecule has 1 fully saturated rings. The first-order valence-corrected chi connectivity index (χ1v) is 9.12. The fraction of sp³-hybridized carbons (Fsp3) is 0.619. The molecule has 2 heteroatoms. The van der Waals surface area contributed by atoms with E-state index in [9.17, 15) is 0 Å². The molecule has 0 radical (unpaired) electrons. The van der Waals surface area contributed by atoms with Crippen LogP contribution in [0.5, 0.6) is 0 Å². The molecule has 3 rings (SSSR count). The van der Waals surface area contributed by atoms with Crippen LogP contribution in [0.2, 0.25) is 0 Å². The van der Waals surface area contributed by atoms with Gasteiger partial charge in [0.25, 0.3) is 0 Å². The highest BCUT2D eigenvalue weighted by atomic mass is 15.4. The maximum atomic E-state index is 2.63. The van der Waals surface area contributed by atoms with E-state index in [1.54, 1.807) is 11.4 Å². The van der Waals surface area contributed by atoms with Gasteiger partial charge in [-0.05, 0) is 51.7 Å². The standard InChI is InChI=1S/C21H32N2/c1-14-9-16(3)20(17(4)10-14)22-7-8-23(13-22)21-18(5)11-15(2)12-19(21)6/h9,11,17,19H,7-8,10,12-13H2,1-6H3. The molecule has 1 heterocycles. The highest BCUT2D eigenvalue weighted by molar-refractivity contribution is 5.35. The monoisotopic (exact) mass is 312 g/mol. The summed E-state index contributed by atoms with van der Waals surface area (Å²) in [7, 11) is 0. The van der Waals surface area contributed by atoms with Gasteiger partial charge in [0.05, 0.1) is 6.67 Å². The largest absolute Gasteiger partial charge is 0.355 e. The molecular formula is C21H32N2. The molecule has 126 valence electrons. The van der Waals surface area contributed by atoms with E-state index in [0.717, 1.165) is 19.8 Å². The lowest BCUT2D eigenvalue weighted by atomic mass is 9.88. The van der Waals surface area contributed by atoms with Gasteiger partial charge in [-0.3, -0.25) is 0 Å². The second-order valence-corrected chi connectivity index (χ2v) is 8.00. The molecule has 2 unspecified atom stereocenters. The number of hydrogen-bond donors (Lipinski definition) is 0. The van der Waals surface area contributed by atoms with Gasteiger partial charge in [-0.2, -0.15) is 0 Å². The molecule has 1 aliphatic heterocycles. The number of rotatable bonds is 2. The first kappa shape index (κ1) is 16.4. The van der Waals surface area contributed by atoms with Crippen LogP contribution < -0.4 is 0 Å². The molecule has 0 amide bonds. The van der Waals surface area contributed by atoms with E-state index in [4.69, 9.17) is 0 Å². The summed E-state index contributed by atoms with van der Waals surface area (Å²) in [6, 6.07) is 0. The van der Waals surface area contributed by atoms with Crippen molar-refractivity contribution in [3.8, 4) is 0 Å². The summed E-state index contributed by atoms with van der Waals surface area (Å²) in [5.74, 6) is 1.31. The van der Waals surface area contributed by atoms with Gasteiger partial charge in [0.15, 0.2) is 0 Å². The van der Waals surface area contributed by atoms with Crippen LogP contribution in [0.15, 0.2) is 45.8 Å². The van der Waals surface area contributed by atoms with Gasteiger partial charge in [-0.25, -0.2) is 0 Å². The third-order valence-corrected chi connectivity index (χ3v) is 5.59. The van der Waals surface area contributed by atoms with Crippen molar-refractivity contribution >= 4 is 0 Å². The summed E-state index contributed by atoms with van der Waals surface area (Å²) >= 11 is 0. The Hall–Kier alpha value is -1.44. The van der Waals surface area contributed by atoms with Crippen LogP contribution in [0.4, 0.5) is 0 Å². The third kappa shape index (κ3) is 3.13. The summed E-state index contributed by atoms with van der Waals surface area (Å²) in [5, 5.41) is 0. The van der Waals surface area contributed by atoms with Crippen molar-refractivity contribution in [2.24, 2.45) is 11.8 Å². The Kier molecular flexibility index (Phi) is 4.44. The van der Waals surface area contributed by atoms with Gasteiger partial charge in [0.1, 0.15) is 0 Å². The minimum atomic E-state index is 0.654. The van der Waals surface area contributed by atoms with Crippen LogP contribution in [-0.2, 0) is 0 Å². The van der Waals surface area contributed by atoms with Gasteiger partial charge in [-0.15, -0.1) is 0 Å². The smallest absolute Gasteiger partial charge is 0.0899 e. The van der Waals surface area contributed by atoms with Gasteiger partial charge >= 0.3 is 0 Å². The second kappa shape index (κ2) is 6.22. The molecular weight excluding hydrogens is 280 g/mol. The maximum Gasteiger partial charge on any atom is 0.0899 e. The molecule has 1 saturated heterocycles. The van der Waals surface area contributed by atoms with E-state index in [0.29, 0.717) is 11.8 Å². The van der Waals surface area contributed by atoms with E-state index in [-0.39, 0.29) is 0 Å². The van der Waals surface area contributed by atoms with E-state index >= 15 is 0 Å². The molecule has 0 bridgehead atoms. The molecule has 2 nitrogen and oxygen atoms in total. The molecule has 0 spiro atoms. The van der Waals surface area contributed by atoms with Crippen molar-refractivity contribution in [3.63, 3.8) is 0 Å². The van der Waals surface area contributed by atoms with Crippen molar-refractivity contribution in [1.82, 2.24) is 9.80 Å². The summed E-state index contributed by atoms with van der Waals surface area (Å²) in [4.78, 5) is 5.25. The third-order valence-electron chi connectivity index (χ3n) is 5.59. The Morgan fingerprint density at radius 1 is 0.739 bits per heavy atom. The predicted molar refractivity (Wildman–Crippen MR) is 98.8 cm³/mol. The summed E-state index contributed by atoms with van der Waals surface area (Å²) in [6.45, 7) is 17.3. The van der Waals surface area contributed by atoms with Crippen molar-refractivity contribution in [2.45, 2.75) is 54.4 Å². The molecule has 0 saturated carbocycles. The van der Waals surface area contributed by atoms with E-state index in [2.05, 4.69) is 63.5 Å². The first-order valence-electron chi connectivity index (χ1n) is 9.12. The second-order valence-electron chi connectivity index (χ2n) is 8.00. The van der Waals surface area contributed by atoms with E-state index in [1.165, 1.54) is 35.1 Å². The number of allylic oxidation sites excluding steroid dienone is 8. The SMILES string of the molecule is CC1=CC(C)=C(N2CCN(C3=C(C)C=C(C)CC3C)C2)C(C)C1. The average Bonchev–Trinajstić information content (AvgIpc) is 2.85. The van der Waals surface area contributed by atoms with Crippen LogP contribution >= 0.6 is 0 Å². The van der Waals surface area contributed by atoms with Crippen LogP contribution in [0, 0.1) is 11.8 Å². The highest BCUT2D eigenvalue weighted by Gasteiger charge is 2.31. The number of nitrogens with zero attached hydrogens (tertiary/aromatic N) is 2. The lowest BCUT2D eigenvalue weighted by Gasteiger charge is -2.34. The van der Waals surface area contributed by atoms with Crippen molar-refractivity contribution in [1.29, 1.82) is 0 Å². The van der Waals surface area contributed by atoms with Gasteiger partial charge in [-0.1, -0.05) is 37.1 Å². The fourth-order valence-corrected chi connectivity index (χ4v) is 5.05. The Balaban J connectivity index is 1.82. The quantitative estimate of drug-likeness (QED) is 0.701. The Bertz CT molecular complexity index is 564. The Morgan fingerprint density at radius 2 is 1.13 bits per heavy atom. The molecule has 0 aromatic rings. The predicted octanol–water partition coefficient (Wildman–Crippen LogP) is 5.08. The summed E-state index contributed by atoms with van der Waals surface area (Å²) < 4.78 is 0. The van der Waals surface area contributed by atoms with Crippen molar-refractivity contribution in [3.05, 3.63) is 45.8 Å². The van der Waals surface area contributed by atoms with Crippen molar-refractivity contribution in [2.75, 3.05) is 19.8 Å². The fourth-order valence-electron chi connectivity index (χ4n) is 5.05. The summed E-state index contributed by atoms with van der Waals surface area (Å²) in [6.07, 6.45) is 7.20. The topological polar surface area (TPSA) is 6.48 Å². The minimum Gasteiger partial charge on any atom is -0.355 e. The van der Waals surface area contributed by atoms with E-state index < -0.39 is 0 Å². The lowest BCUT2D eigenvalue weighted by molar-refractivity contribution is 0.279. The molecule has 0 aromatic heterocycles. The molecule has 2 aliphatic carbocycles. The Labute approximate surface area is 142 Å². The Morgan fingerprint density at radius 3 is 1.48 bits per heavy atom. The average molecular weight is 313 g/mol. The molecule has 0 N–H and O–H groups in total. The molecule has 3 aliphatic rings. The molecule has 23 heavy (non-hydrogen) atoms. The van der Waals surface area contributed by atoms with Gasteiger partial charge < -0.3 is 9.80 Å². The maximum absolute atomic E-state index is 2.63. The van der Waals surface area contributed by atoms with Gasteiger partial charge in [0.2, 0.25) is 0 Å². The van der Waals surface area contributed by atoms with Crippen LogP contribution in [0.3, 0.4) is 0 Å². The van der Waals surface area contributed by atoms with Crippen molar-refractivity contribution < 1.29 is 0 Å². The molecule has 2 atom stereocenters. The van der Waals surface area contributed by atoms with Crippen LogP contribution in [0.25, 0.3) is 0 Å². The normalized spacial score (nSPS) is 29.3. The molecule has 0 aromatic carbocycles. The van der Waals surface area contributed by atoms with Gasteiger partial charge in [0, 0.05) is 36.3 Å². The minimum absolute atomic E-state index is 0.654. The zero-order chi connectivity index (χ0) is 16.7. The zero-order valence-corrected chi connectivity index (χ0v) is 15.7. The van der Waals surface area contributed by atoms with Crippen LogP contribution in [0.1, 0.15) is 54.4 Å².